The molecular formula is C15H12BrNO4. The molecule has 0 aliphatic carbocycles. The average molecular weight is 350 g/mol. The van der Waals surface area contributed by atoms with Gasteiger partial charge in [0.05, 0.1) is 12.8 Å². The van der Waals surface area contributed by atoms with Crippen LogP contribution in [0.4, 0.5) is 5.69 Å². The number of amides is 1. The maximum absolute atomic E-state index is 12.1. The monoisotopic (exact) mass is 349 g/mol. The molecule has 0 heterocycles. The molecule has 0 unspecified atom stereocenters. The van der Waals surface area contributed by atoms with E-state index in [1.807, 2.05) is 0 Å². The van der Waals surface area contributed by atoms with Crippen molar-refractivity contribution in [1.82, 2.24) is 0 Å². The second-order valence-electron chi connectivity index (χ2n) is 4.16. The number of hydrogen-bond acceptors (Lipinski definition) is 4. The van der Waals surface area contributed by atoms with E-state index in [-0.39, 0.29) is 17.0 Å². The summed E-state index contributed by atoms with van der Waals surface area (Å²) in [5.74, 6) is -1.40. The predicted octanol–water partition coefficient (Wildman–Crippen LogP) is 3.19. The van der Waals surface area contributed by atoms with Crippen LogP contribution in [-0.2, 0) is 4.74 Å². The molecule has 0 radical (unpaired) electrons. The number of hydrogen-bond donors (Lipinski definition) is 2. The molecule has 0 aliphatic heterocycles. The third-order valence-corrected chi connectivity index (χ3v) is 3.27. The first-order valence-corrected chi connectivity index (χ1v) is 6.79. The zero-order chi connectivity index (χ0) is 15.4. The number of carbonyl (C=O) groups excluding carboxylic acids is 2. The van der Waals surface area contributed by atoms with Crippen molar-refractivity contribution in [3.8, 4) is 5.75 Å². The summed E-state index contributed by atoms with van der Waals surface area (Å²) in [5.41, 5.74) is 0.555. The predicted molar refractivity (Wildman–Crippen MR) is 81.5 cm³/mol. The Morgan fingerprint density at radius 3 is 2.57 bits per heavy atom. The van der Waals surface area contributed by atoms with Gasteiger partial charge in [-0.1, -0.05) is 28.1 Å². The fraction of sp³-hybridized carbons (Fsp3) is 0.0667. The second kappa shape index (κ2) is 6.41. The zero-order valence-electron chi connectivity index (χ0n) is 11.1. The van der Waals surface area contributed by atoms with Gasteiger partial charge >= 0.3 is 5.97 Å². The number of halogens is 1. The highest BCUT2D eigenvalue weighted by Gasteiger charge is 2.16. The molecule has 6 heteroatoms. The van der Waals surface area contributed by atoms with E-state index in [0.29, 0.717) is 5.56 Å². The molecule has 21 heavy (non-hydrogen) atoms. The SMILES string of the molecule is COC(=O)c1cccc(NC(=O)c2cccc(Br)c2)c1O. The Labute approximate surface area is 129 Å². The van der Waals surface area contributed by atoms with Crippen LogP contribution in [0, 0.1) is 0 Å². The molecule has 2 rings (SSSR count). The number of phenolic OH excluding ortho intramolecular Hbond substituents is 1. The van der Waals surface area contributed by atoms with Crippen LogP contribution in [0.2, 0.25) is 0 Å². The number of nitrogens with one attached hydrogen (secondary N) is 1. The van der Waals surface area contributed by atoms with Crippen molar-refractivity contribution in [3.05, 3.63) is 58.1 Å². The normalized spacial score (nSPS) is 10.0. The Hall–Kier alpha value is -2.34. The lowest BCUT2D eigenvalue weighted by atomic mass is 10.1. The number of ether oxygens (including phenoxy) is 1. The Morgan fingerprint density at radius 1 is 1.19 bits per heavy atom. The molecule has 0 atom stereocenters. The highest BCUT2D eigenvalue weighted by atomic mass is 79.9. The number of benzene rings is 2. The van der Waals surface area contributed by atoms with Crippen molar-refractivity contribution in [2.24, 2.45) is 0 Å². The number of methoxy groups -OCH3 is 1. The fourth-order valence-corrected chi connectivity index (χ4v) is 2.14. The third-order valence-electron chi connectivity index (χ3n) is 2.78. The van der Waals surface area contributed by atoms with Crippen molar-refractivity contribution in [1.29, 1.82) is 0 Å². The Bertz CT molecular complexity index is 700. The van der Waals surface area contributed by atoms with Crippen LogP contribution in [0.15, 0.2) is 46.9 Å². The van der Waals surface area contributed by atoms with Crippen LogP contribution < -0.4 is 5.32 Å². The lowest BCUT2D eigenvalue weighted by Crippen LogP contribution is -2.13. The number of rotatable bonds is 3. The van der Waals surface area contributed by atoms with Gasteiger partial charge < -0.3 is 15.2 Å². The van der Waals surface area contributed by atoms with E-state index in [1.54, 1.807) is 30.3 Å². The fourth-order valence-electron chi connectivity index (χ4n) is 1.74. The summed E-state index contributed by atoms with van der Waals surface area (Å²) in [6, 6.07) is 11.3. The highest BCUT2D eigenvalue weighted by Crippen LogP contribution is 2.28. The summed E-state index contributed by atoms with van der Waals surface area (Å²) in [6.45, 7) is 0. The molecule has 2 aromatic rings. The second-order valence-corrected chi connectivity index (χ2v) is 5.07. The summed E-state index contributed by atoms with van der Waals surface area (Å²) >= 11 is 3.28. The van der Waals surface area contributed by atoms with Crippen LogP contribution in [-0.4, -0.2) is 24.1 Å². The lowest BCUT2D eigenvalue weighted by Gasteiger charge is -2.10. The summed E-state index contributed by atoms with van der Waals surface area (Å²) in [6.07, 6.45) is 0. The smallest absolute Gasteiger partial charge is 0.341 e. The van der Waals surface area contributed by atoms with Crippen LogP contribution in [0.3, 0.4) is 0 Å². The molecule has 108 valence electrons. The minimum Gasteiger partial charge on any atom is -0.505 e. The topological polar surface area (TPSA) is 75.6 Å². The van der Waals surface area contributed by atoms with E-state index < -0.39 is 11.9 Å². The number of carbonyl (C=O) groups is 2. The molecule has 1 amide bonds. The van der Waals surface area contributed by atoms with Gasteiger partial charge in [-0.2, -0.15) is 0 Å². The van der Waals surface area contributed by atoms with E-state index in [2.05, 4.69) is 26.0 Å². The van der Waals surface area contributed by atoms with Gasteiger partial charge in [-0.25, -0.2) is 4.79 Å². The standard InChI is InChI=1S/C15H12BrNO4/c1-21-15(20)11-6-3-7-12(13(11)18)17-14(19)9-4-2-5-10(16)8-9/h2-8,18H,1H3,(H,17,19). The van der Waals surface area contributed by atoms with Crippen LogP contribution in [0.5, 0.6) is 5.75 Å². The van der Waals surface area contributed by atoms with Gasteiger partial charge in [-0.15, -0.1) is 0 Å². The molecule has 5 nitrogen and oxygen atoms in total. The highest BCUT2D eigenvalue weighted by molar-refractivity contribution is 9.10. The van der Waals surface area contributed by atoms with Gasteiger partial charge in [0.25, 0.3) is 5.91 Å². The molecule has 0 fully saturated rings. The van der Waals surface area contributed by atoms with Gasteiger partial charge in [-0.3, -0.25) is 4.79 Å². The van der Waals surface area contributed by atoms with E-state index in [1.165, 1.54) is 19.2 Å². The van der Waals surface area contributed by atoms with Crippen LogP contribution in [0.25, 0.3) is 0 Å². The molecule has 0 aromatic heterocycles. The van der Waals surface area contributed by atoms with Crippen molar-refractivity contribution in [2.75, 3.05) is 12.4 Å². The Balaban J connectivity index is 2.28. The zero-order valence-corrected chi connectivity index (χ0v) is 12.7. The average Bonchev–Trinajstić information content (AvgIpc) is 2.48. The number of phenols is 1. The van der Waals surface area contributed by atoms with Gasteiger partial charge in [-0.05, 0) is 30.3 Å². The van der Waals surface area contributed by atoms with E-state index in [4.69, 9.17) is 0 Å². The Kier molecular flexibility index (Phi) is 4.59. The maximum Gasteiger partial charge on any atom is 0.341 e. The molecule has 2 N–H and O–H groups in total. The summed E-state index contributed by atoms with van der Waals surface area (Å²) in [5, 5.41) is 12.6. The van der Waals surface area contributed by atoms with E-state index in [9.17, 15) is 14.7 Å². The first kappa shape index (κ1) is 15.1. The van der Waals surface area contributed by atoms with E-state index in [0.717, 1.165) is 4.47 Å². The van der Waals surface area contributed by atoms with Crippen LogP contribution >= 0.6 is 15.9 Å². The first-order valence-electron chi connectivity index (χ1n) is 6.00. The molecule has 0 bridgehead atoms. The Morgan fingerprint density at radius 2 is 1.90 bits per heavy atom. The minimum atomic E-state index is -0.675. The molecule has 0 aliphatic rings. The van der Waals surface area contributed by atoms with Gasteiger partial charge in [0.2, 0.25) is 0 Å². The minimum absolute atomic E-state index is 0.00968. The van der Waals surface area contributed by atoms with Crippen molar-refractivity contribution in [2.45, 2.75) is 0 Å². The number of para-hydroxylation sites is 1. The summed E-state index contributed by atoms with van der Waals surface area (Å²) in [7, 11) is 1.22. The molecular weight excluding hydrogens is 338 g/mol. The van der Waals surface area contributed by atoms with E-state index >= 15 is 0 Å². The first-order chi connectivity index (χ1) is 10.0. The number of esters is 1. The molecule has 2 aromatic carbocycles. The summed E-state index contributed by atoms with van der Waals surface area (Å²) in [4.78, 5) is 23.6. The number of aromatic hydroxyl groups is 1. The maximum atomic E-state index is 12.1. The molecule has 0 saturated carbocycles. The molecule has 0 saturated heterocycles. The van der Waals surface area contributed by atoms with Crippen molar-refractivity contribution in [3.63, 3.8) is 0 Å². The van der Waals surface area contributed by atoms with Gasteiger partial charge in [0, 0.05) is 10.0 Å². The number of anilines is 1. The molecule has 0 spiro atoms. The quantitative estimate of drug-likeness (QED) is 0.659. The third kappa shape index (κ3) is 3.41. The van der Waals surface area contributed by atoms with Crippen molar-refractivity contribution >= 4 is 33.5 Å². The van der Waals surface area contributed by atoms with Gasteiger partial charge in [0.1, 0.15) is 5.56 Å². The lowest BCUT2D eigenvalue weighted by molar-refractivity contribution is 0.0597. The van der Waals surface area contributed by atoms with Crippen molar-refractivity contribution < 1.29 is 19.4 Å². The van der Waals surface area contributed by atoms with Gasteiger partial charge in [0.15, 0.2) is 5.75 Å². The summed E-state index contributed by atoms with van der Waals surface area (Å²) < 4.78 is 5.33. The van der Waals surface area contributed by atoms with Crippen LogP contribution in [0.1, 0.15) is 20.7 Å². The largest absolute Gasteiger partial charge is 0.505 e.